The third kappa shape index (κ3) is 4.03. The molecule has 0 bridgehead atoms. The Bertz CT molecular complexity index is 994. The van der Waals surface area contributed by atoms with Gasteiger partial charge in [0.2, 0.25) is 0 Å². The molecule has 1 aromatic heterocycles. The Morgan fingerprint density at radius 1 is 1.27 bits per heavy atom. The smallest absolute Gasteiger partial charge is 0.416 e. The minimum Gasteiger partial charge on any atom is -0.496 e. The van der Waals surface area contributed by atoms with Crippen LogP contribution in [0, 0.1) is 13.8 Å². The van der Waals surface area contributed by atoms with Crippen LogP contribution >= 0.6 is 0 Å². The van der Waals surface area contributed by atoms with Crippen molar-refractivity contribution in [1.29, 1.82) is 0 Å². The van der Waals surface area contributed by atoms with Crippen LogP contribution in [0.1, 0.15) is 16.8 Å². The molecule has 1 aliphatic heterocycles. The van der Waals surface area contributed by atoms with Crippen molar-refractivity contribution >= 4 is 23.5 Å². The Hall–Kier alpha value is -3.30. The average Bonchev–Trinajstić information content (AvgIpc) is 3.07. The molecular formula is C20H20F3N3O4. The Kier molecular flexibility index (Phi) is 5.60. The molecule has 30 heavy (non-hydrogen) atoms. The molecule has 10 heteroatoms. The standard InChI is InChI=1S/C20H20F3N3O4/c1-11-5-6-14(9-16(11)29-4)25(3)18(27)15-10-30-19(28)26(15)17-8-13(20(21,22)23)7-12(2)24-17/h5-9,15H,10H2,1-4H3/t15-/m0/s1. The number of aromatic nitrogens is 1. The van der Waals surface area contributed by atoms with Gasteiger partial charge >= 0.3 is 12.3 Å². The molecule has 2 aromatic rings. The van der Waals surface area contributed by atoms with E-state index in [0.717, 1.165) is 22.6 Å². The number of carbonyl (C=O) groups excluding carboxylic acids is 2. The number of ether oxygens (including phenoxy) is 2. The first-order valence-corrected chi connectivity index (χ1v) is 8.97. The Morgan fingerprint density at radius 3 is 2.60 bits per heavy atom. The third-order valence-corrected chi connectivity index (χ3v) is 4.78. The van der Waals surface area contributed by atoms with Crippen LogP contribution in [0.2, 0.25) is 0 Å². The monoisotopic (exact) mass is 423 g/mol. The van der Waals surface area contributed by atoms with Gasteiger partial charge in [-0.1, -0.05) is 6.07 Å². The van der Waals surface area contributed by atoms with Crippen LogP contribution in [0.15, 0.2) is 30.3 Å². The van der Waals surface area contributed by atoms with Crippen molar-refractivity contribution in [3.8, 4) is 5.75 Å². The highest BCUT2D eigenvalue weighted by atomic mass is 19.4. The van der Waals surface area contributed by atoms with Gasteiger partial charge in [0.15, 0.2) is 6.04 Å². The minimum absolute atomic E-state index is 0.0577. The lowest BCUT2D eigenvalue weighted by Gasteiger charge is -2.26. The molecule has 1 fully saturated rings. The van der Waals surface area contributed by atoms with Crippen LogP contribution < -0.4 is 14.5 Å². The molecule has 1 aromatic carbocycles. The maximum absolute atomic E-state index is 13.2. The summed E-state index contributed by atoms with van der Waals surface area (Å²) in [6, 6.07) is 5.56. The van der Waals surface area contributed by atoms with Gasteiger partial charge in [-0.3, -0.25) is 4.79 Å². The van der Waals surface area contributed by atoms with Crippen LogP contribution in [0.4, 0.5) is 29.5 Å². The van der Waals surface area contributed by atoms with Gasteiger partial charge in [-0.05, 0) is 37.6 Å². The molecule has 0 saturated carbocycles. The summed E-state index contributed by atoms with van der Waals surface area (Å²) in [6.45, 7) is 2.92. The zero-order valence-corrected chi connectivity index (χ0v) is 16.8. The molecule has 2 amide bonds. The molecule has 2 heterocycles. The van der Waals surface area contributed by atoms with Crippen LogP contribution in [0.25, 0.3) is 0 Å². The van der Waals surface area contributed by atoms with Crippen molar-refractivity contribution < 1.29 is 32.2 Å². The molecule has 0 N–H and O–H groups in total. The lowest BCUT2D eigenvalue weighted by atomic mass is 10.1. The van der Waals surface area contributed by atoms with Crippen molar-refractivity contribution in [2.75, 3.05) is 30.6 Å². The second-order valence-corrected chi connectivity index (χ2v) is 6.87. The highest BCUT2D eigenvalue weighted by Gasteiger charge is 2.43. The quantitative estimate of drug-likeness (QED) is 0.750. The van der Waals surface area contributed by atoms with Gasteiger partial charge in [0.1, 0.15) is 18.2 Å². The zero-order chi connectivity index (χ0) is 22.2. The summed E-state index contributed by atoms with van der Waals surface area (Å²) in [6.07, 6.45) is -5.56. The number of cyclic esters (lactones) is 1. The molecule has 3 rings (SSSR count). The highest BCUT2D eigenvalue weighted by molar-refractivity contribution is 6.05. The van der Waals surface area contributed by atoms with Crippen LogP contribution in [-0.2, 0) is 15.7 Å². The van der Waals surface area contributed by atoms with E-state index in [9.17, 15) is 22.8 Å². The van der Waals surface area contributed by atoms with Crippen LogP contribution in [0.5, 0.6) is 5.75 Å². The van der Waals surface area contributed by atoms with Gasteiger partial charge in [0, 0.05) is 24.5 Å². The van der Waals surface area contributed by atoms with E-state index in [-0.39, 0.29) is 18.1 Å². The van der Waals surface area contributed by atoms with Crippen molar-refractivity contribution in [3.05, 3.63) is 47.2 Å². The molecule has 0 spiro atoms. The SMILES string of the molecule is COc1cc(N(C)C(=O)[C@@H]2COC(=O)N2c2cc(C(F)(F)F)cc(C)n2)ccc1C. The molecule has 1 saturated heterocycles. The summed E-state index contributed by atoms with van der Waals surface area (Å²) >= 11 is 0. The number of pyridine rings is 1. The number of anilines is 2. The first-order valence-electron chi connectivity index (χ1n) is 8.97. The molecule has 0 radical (unpaired) electrons. The molecule has 1 atom stereocenters. The van der Waals surface area contributed by atoms with Gasteiger partial charge < -0.3 is 14.4 Å². The number of nitrogens with zero attached hydrogens (tertiary/aromatic N) is 3. The summed E-state index contributed by atoms with van der Waals surface area (Å²) in [5.41, 5.74) is 0.455. The average molecular weight is 423 g/mol. The number of methoxy groups -OCH3 is 1. The van der Waals surface area contributed by atoms with E-state index in [4.69, 9.17) is 9.47 Å². The molecule has 0 aliphatic carbocycles. The normalized spacial score (nSPS) is 16.4. The van der Waals surface area contributed by atoms with Gasteiger partial charge in [-0.2, -0.15) is 13.2 Å². The number of rotatable bonds is 4. The molecule has 0 unspecified atom stereocenters. The number of halogens is 3. The number of benzene rings is 1. The zero-order valence-electron chi connectivity index (χ0n) is 16.8. The number of amides is 2. The number of alkyl halides is 3. The van der Waals surface area contributed by atoms with Gasteiger partial charge in [0.05, 0.1) is 12.7 Å². The number of likely N-dealkylation sites (N-methyl/N-ethyl adjacent to an activating group) is 1. The predicted molar refractivity (Wildman–Crippen MR) is 103 cm³/mol. The fourth-order valence-corrected chi connectivity index (χ4v) is 3.16. The van der Waals surface area contributed by atoms with Gasteiger partial charge in [-0.15, -0.1) is 0 Å². The first-order chi connectivity index (χ1) is 14.0. The second-order valence-electron chi connectivity index (χ2n) is 6.87. The number of aryl methyl sites for hydroxylation is 2. The Balaban J connectivity index is 1.95. The topological polar surface area (TPSA) is 72.0 Å². The molecule has 1 aliphatic rings. The van der Waals surface area contributed by atoms with Crippen LogP contribution in [0.3, 0.4) is 0 Å². The summed E-state index contributed by atoms with van der Waals surface area (Å²) in [4.78, 5) is 31.5. The molecule has 160 valence electrons. The van der Waals surface area contributed by atoms with Gasteiger partial charge in [0.25, 0.3) is 5.91 Å². The highest BCUT2D eigenvalue weighted by Crippen LogP contribution is 2.33. The number of carbonyl (C=O) groups is 2. The Morgan fingerprint density at radius 2 is 1.97 bits per heavy atom. The van der Waals surface area contributed by atoms with Crippen molar-refractivity contribution in [1.82, 2.24) is 4.98 Å². The van der Waals surface area contributed by atoms with E-state index in [1.807, 2.05) is 6.92 Å². The fourth-order valence-electron chi connectivity index (χ4n) is 3.16. The first kappa shape index (κ1) is 21.4. The van der Waals surface area contributed by atoms with Crippen molar-refractivity contribution in [2.24, 2.45) is 0 Å². The van der Waals surface area contributed by atoms with E-state index < -0.39 is 29.8 Å². The number of hydrogen-bond donors (Lipinski definition) is 0. The third-order valence-electron chi connectivity index (χ3n) is 4.78. The lowest BCUT2D eigenvalue weighted by Crippen LogP contribution is -2.47. The lowest BCUT2D eigenvalue weighted by molar-refractivity contribution is -0.137. The van der Waals surface area contributed by atoms with E-state index in [0.29, 0.717) is 11.4 Å². The largest absolute Gasteiger partial charge is 0.496 e. The van der Waals surface area contributed by atoms with Crippen molar-refractivity contribution in [3.63, 3.8) is 0 Å². The van der Waals surface area contributed by atoms with E-state index >= 15 is 0 Å². The summed E-state index contributed by atoms with van der Waals surface area (Å²) in [7, 11) is 3.00. The summed E-state index contributed by atoms with van der Waals surface area (Å²) in [5.74, 6) is -0.264. The van der Waals surface area contributed by atoms with E-state index in [1.165, 1.54) is 26.0 Å². The molecule has 7 nitrogen and oxygen atoms in total. The second kappa shape index (κ2) is 7.85. The maximum atomic E-state index is 13.2. The summed E-state index contributed by atoms with van der Waals surface area (Å²) in [5, 5.41) is 0. The predicted octanol–water partition coefficient (Wildman–Crippen LogP) is 3.71. The summed E-state index contributed by atoms with van der Waals surface area (Å²) < 4.78 is 49.8. The molecular weight excluding hydrogens is 403 g/mol. The Labute approximate surface area is 171 Å². The van der Waals surface area contributed by atoms with Gasteiger partial charge in [-0.25, -0.2) is 14.7 Å². The van der Waals surface area contributed by atoms with E-state index in [2.05, 4.69) is 4.98 Å². The maximum Gasteiger partial charge on any atom is 0.416 e. The van der Waals surface area contributed by atoms with E-state index in [1.54, 1.807) is 18.2 Å². The minimum atomic E-state index is -4.62. The fraction of sp³-hybridized carbons (Fsp3) is 0.350. The van der Waals surface area contributed by atoms with Crippen molar-refractivity contribution in [2.45, 2.75) is 26.1 Å². The number of hydrogen-bond acceptors (Lipinski definition) is 5. The van der Waals surface area contributed by atoms with Crippen LogP contribution in [-0.4, -0.2) is 43.8 Å².